The molecule has 0 saturated carbocycles. The van der Waals surface area contributed by atoms with Gasteiger partial charge in [0.25, 0.3) is 11.6 Å². The molecule has 2 N–H and O–H groups in total. The Morgan fingerprint density at radius 3 is 2.08 bits per heavy atom. The van der Waals surface area contributed by atoms with Gasteiger partial charge in [-0.3, -0.25) is 39.4 Å². The van der Waals surface area contributed by atoms with Gasteiger partial charge >= 0.3 is 24.0 Å². The van der Waals surface area contributed by atoms with E-state index in [1.165, 1.54) is 12.1 Å². The number of carbonyl (C=O) groups excluding carboxylic acids is 5. The van der Waals surface area contributed by atoms with Gasteiger partial charge in [0.05, 0.1) is 4.92 Å². The summed E-state index contributed by atoms with van der Waals surface area (Å²) in [6, 6.07) is 3.42. The Balaban J connectivity index is 2.34. The lowest BCUT2D eigenvalue weighted by atomic mass is 9.96. The molecule has 1 fully saturated rings. The Morgan fingerprint density at radius 2 is 1.57 bits per heavy atom. The van der Waals surface area contributed by atoms with Gasteiger partial charge in [0.2, 0.25) is 5.91 Å². The van der Waals surface area contributed by atoms with Crippen LogP contribution in [-0.4, -0.2) is 71.7 Å². The summed E-state index contributed by atoms with van der Waals surface area (Å²) < 4.78 is 21.1. The summed E-state index contributed by atoms with van der Waals surface area (Å²) in [5.74, 6) is -3.41. The third kappa shape index (κ3) is 8.75. The lowest BCUT2D eigenvalue weighted by Gasteiger charge is -2.41. The second kappa shape index (κ2) is 12.8. The lowest BCUT2D eigenvalue weighted by Crippen LogP contribution is -2.64. The molecule has 16 heteroatoms. The van der Waals surface area contributed by atoms with Crippen LogP contribution in [0.4, 0.5) is 16.2 Å². The number of hydrogen-bond donors (Lipinski definition) is 2. The minimum Gasteiger partial charge on any atom is -0.466 e. The van der Waals surface area contributed by atoms with Crippen molar-refractivity contribution in [1.29, 1.82) is 0 Å². The molecule has 0 aromatic heterocycles. The number of amides is 2. The number of ether oxygens (including phenoxy) is 4. The Bertz CT molecular complexity index is 1090. The van der Waals surface area contributed by atoms with Gasteiger partial charge in [-0.15, -0.1) is 0 Å². The zero-order valence-corrected chi connectivity index (χ0v) is 20.1. The van der Waals surface area contributed by atoms with Crippen LogP contribution in [0.25, 0.3) is 0 Å². The van der Waals surface area contributed by atoms with Crippen molar-refractivity contribution in [1.82, 2.24) is 5.32 Å². The highest BCUT2D eigenvalue weighted by atomic mass is 16.7. The number of nitrogens with zero attached hydrogens (tertiary/aromatic N) is 2. The summed E-state index contributed by atoms with van der Waals surface area (Å²) in [7, 11) is 0. The van der Waals surface area contributed by atoms with Crippen molar-refractivity contribution in [2.45, 2.75) is 52.0 Å². The van der Waals surface area contributed by atoms with Gasteiger partial charge in [-0.1, -0.05) is 0 Å². The predicted octanol–water partition coefficient (Wildman–Crippen LogP) is 0.787. The van der Waals surface area contributed by atoms with E-state index in [4.69, 9.17) is 23.8 Å². The molecule has 200 valence electrons. The summed E-state index contributed by atoms with van der Waals surface area (Å²) in [4.78, 5) is 73.9. The Morgan fingerprint density at radius 1 is 0.973 bits per heavy atom. The molecule has 1 heterocycles. The fraction of sp³-hybridized carbons (Fsp3) is 0.429. The van der Waals surface area contributed by atoms with E-state index in [0.29, 0.717) is 0 Å². The van der Waals surface area contributed by atoms with Crippen LogP contribution in [0.5, 0.6) is 0 Å². The molecule has 1 saturated heterocycles. The number of hydrogen-bond acceptors (Lipinski definition) is 13. The molecule has 0 aliphatic carbocycles. The Hall–Kier alpha value is -4.76. The molecule has 0 radical (unpaired) electrons. The Labute approximate surface area is 209 Å². The van der Waals surface area contributed by atoms with E-state index in [0.717, 1.165) is 39.8 Å². The number of rotatable bonds is 8. The maximum absolute atomic E-state index is 12.2. The van der Waals surface area contributed by atoms with E-state index in [1.807, 2.05) is 0 Å². The van der Waals surface area contributed by atoms with Crippen molar-refractivity contribution in [2.24, 2.45) is 5.16 Å². The fourth-order valence-corrected chi connectivity index (χ4v) is 3.16. The summed E-state index contributed by atoms with van der Waals surface area (Å²) in [5, 5.41) is 19.0. The first-order valence-corrected chi connectivity index (χ1v) is 10.6. The van der Waals surface area contributed by atoms with Crippen LogP contribution in [0.15, 0.2) is 29.4 Å². The Kier molecular flexibility index (Phi) is 9.85. The number of esters is 3. The third-order valence-corrected chi connectivity index (χ3v) is 4.51. The first kappa shape index (κ1) is 28.5. The molecule has 16 nitrogen and oxygen atoms in total. The maximum Gasteiger partial charge on any atom is 0.437 e. The van der Waals surface area contributed by atoms with Gasteiger partial charge in [0.15, 0.2) is 18.3 Å². The topological polar surface area (TPSA) is 211 Å². The van der Waals surface area contributed by atoms with Crippen molar-refractivity contribution in [3.63, 3.8) is 0 Å². The fourth-order valence-electron chi connectivity index (χ4n) is 3.16. The summed E-state index contributed by atoms with van der Waals surface area (Å²) in [6.07, 6.45) is -5.19. The zero-order valence-electron chi connectivity index (χ0n) is 20.1. The van der Waals surface area contributed by atoms with Gasteiger partial charge in [0.1, 0.15) is 12.6 Å². The van der Waals surface area contributed by atoms with E-state index < -0.39 is 71.7 Å². The van der Waals surface area contributed by atoms with E-state index in [9.17, 15) is 34.1 Å². The number of oxime groups is 1. The van der Waals surface area contributed by atoms with Crippen LogP contribution >= 0.6 is 0 Å². The van der Waals surface area contributed by atoms with Crippen LogP contribution in [0.2, 0.25) is 0 Å². The van der Waals surface area contributed by atoms with Crippen LogP contribution in [0.1, 0.15) is 27.7 Å². The van der Waals surface area contributed by atoms with Gasteiger partial charge in [-0.05, 0) is 17.3 Å². The van der Waals surface area contributed by atoms with Crippen molar-refractivity contribution in [2.75, 3.05) is 11.9 Å². The molecule has 2 amide bonds. The average molecular weight is 524 g/mol. The van der Waals surface area contributed by atoms with Crippen LogP contribution in [0, 0.1) is 10.1 Å². The van der Waals surface area contributed by atoms with Gasteiger partial charge in [-0.2, -0.15) is 0 Å². The van der Waals surface area contributed by atoms with Gasteiger partial charge in [0, 0.05) is 45.5 Å². The second-order valence-electron chi connectivity index (χ2n) is 7.52. The number of carbonyl (C=O) groups is 5. The molecular formula is C21H24N4O12. The normalized spacial score (nSPS) is 21.6. The molecule has 1 aromatic rings. The standard InChI is InChI=1S/C21H24N4O12/c1-10(26)22-17-19(35-13(4)29)18(34-12(3)28)16(9-33-11(2)27)36-20(17)24-37-21(30)23-14-5-7-15(8-6-14)25(31)32/h5-8,16-19H,9H2,1-4H3,(H,22,26)(H,23,30)/b24-20+/t16?,17-,18+,19+/m0/s1. The quantitative estimate of drug-likeness (QED) is 0.159. The number of benzene rings is 1. The minimum absolute atomic E-state index is 0.138. The van der Waals surface area contributed by atoms with Crippen LogP contribution in [0.3, 0.4) is 0 Å². The predicted molar refractivity (Wildman–Crippen MR) is 121 cm³/mol. The van der Waals surface area contributed by atoms with E-state index >= 15 is 0 Å². The van der Waals surface area contributed by atoms with Crippen molar-refractivity contribution >= 4 is 47.2 Å². The highest BCUT2D eigenvalue weighted by Crippen LogP contribution is 2.25. The van der Waals surface area contributed by atoms with Crippen LogP contribution in [-0.2, 0) is 43.0 Å². The molecule has 1 aliphatic heterocycles. The first-order valence-electron chi connectivity index (χ1n) is 10.6. The number of non-ortho nitro benzene ring substituents is 1. The smallest absolute Gasteiger partial charge is 0.437 e. The van der Waals surface area contributed by atoms with E-state index in [1.54, 1.807) is 0 Å². The summed E-state index contributed by atoms with van der Waals surface area (Å²) in [6.45, 7) is 3.92. The zero-order chi connectivity index (χ0) is 27.7. The molecule has 1 aliphatic rings. The molecule has 0 spiro atoms. The highest BCUT2D eigenvalue weighted by molar-refractivity contribution is 5.90. The van der Waals surface area contributed by atoms with Crippen LogP contribution < -0.4 is 10.6 Å². The second-order valence-corrected chi connectivity index (χ2v) is 7.52. The highest BCUT2D eigenvalue weighted by Gasteiger charge is 2.50. The molecule has 1 unspecified atom stereocenters. The summed E-state index contributed by atoms with van der Waals surface area (Å²) in [5.41, 5.74) is -0.0650. The van der Waals surface area contributed by atoms with E-state index in [2.05, 4.69) is 15.8 Å². The van der Waals surface area contributed by atoms with Crippen molar-refractivity contribution in [3.05, 3.63) is 34.4 Å². The molecule has 1 aromatic carbocycles. The number of anilines is 1. The minimum atomic E-state index is -1.42. The molecule has 2 rings (SSSR count). The number of nitrogens with one attached hydrogen (secondary N) is 2. The summed E-state index contributed by atoms with van der Waals surface area (Å²) >= 11 is 0. The number of nitro benzene ring substituents is 1. The van der Waals surface area contributed by atoms with E-state index in [-0.39, 0.29) is 11.4 Å². The van der Waals surface area contributed by atoms with Crippen molar-refractivity contribution < 1.29 is 52.7 Å². The monoisotopic (exact) mass is 524 g/mol. The van der Waals surface area contributed by atoms with Gasteiger partial charge in [-0.25, -0.2) is 4.79 Å². The SMILES string of the molecule is CC(=O)N[C@@H]1/C(=N\OC(=O)Nc2ccc([N+](=O)[O-])cc2)OC(COC(C)=O)[C@@H](OC(C)=O)[C@@H]1OC(C)=O. The number of nitro groups is 1. The first-order chi connectivity index (χ1) is 17.4. The molecule has 0 bridgehead atoms. The lowest BCUT2D eigenvalue weighted by molar-refractivity contribution is -0.384. The molecular weight excluding hydrogens is 500 g/mol. The van der Waals surface area contributed by atoms with Crippen molar-refractivity contribution in [3.8, 4) is 0 Å². The third-order valence-electron chi connectivity index (χ3n) is 4.51. The average Bonchev–Trinajstić information content (AvgIpc) is 2.79. The maximum atomic E-state index is 12.2. The van der Waals surface area contributed by atoms with Gasteiger partial charge < -0.3 is 24.3 Å². The molecule has 4 atom stereocenters. The molecule has 37 heavy (non-hydrogen) atoms. The largest absolute Gasteiger partial charge is 0.466 e.